The van der Waals surface area contributed by atoms with Crippen molar-refractivity contribution in [3.63, 3.8) is 0 Å². The number of nitrogens with zero attached hydrogens (tertiary/aromatic N) is 1. The van der Waals surface area contributed by atoms with E-state index in [1.807, 2.05) is 13.0 Å². The van der Waals surface area contributed by atoms with Gasteiger partial charge in [0.1, 0.15) is 5.82 Å². The van der Waals surface area contributed by atoms with Crippen molar-refractivity contribution in [3.05, 3.63) is 35.1 Å². The van der Waals surface area contributed by atoms with Crippen LogP contribution in [-0.2, 0) is 11.2 Å². The molecule has 2 aliphatic rings. The zero-order valence-corrected chi connectivity index (χ0v) is 13.8. The molecule has 1 saturated heterocycles. The number of aliphatic carboxylic acids is 1. The third-order valence-corrected chi connectivity index (χ3v) is 5.04. The Kier molecular flexibility index (Phi) is 4.73. The van der Waals surface area contributed by atoms with E-state index in [0.717, 1.165) is 18.4 Å². The van der Waals surface area contributed by atoms with E-state index in [4.69, 9.17) is 0 Å². The van der Waals surface area contributed by atoms with E-state index >= 15 is 0 Å². The smallest absolute Gasteiger partial charge is 0.317 e. The fourth-order valence-corrected chi connectivity index (χ4v) is 3.89. The maximum atomic E-state index is 13.9. The summed E-state index contributed by atoms with van der Waals surface area (Å²) in [4.78, 5) is 25.4. The van der Waals surface area contributed by atoms with Crippen LogP contribution in [0.2, 0.25) is 0 Å². The molecule has 3 rings (SSSR count). The van der Waals surface area contributed by atoms with Crippen molar-refractivity contribution in [1.29, 1.82) is 0 Å². The predicted molar refractivity (Wildman–Crippen MR) is 87.1 cm³/mol. The lowest BCUT2D eigenvalue weighted by atomic mass is 9.87. The van der Waals surface area contributed by atoms with E-state index in [1.54, 1.807) is 11.0 Å². The molecule has 3 atom stereocenters. The van der Waals surface area contributed by atoms with Gasteiger partial charge in [-0.25, -0.2) is 9.18 Å². The van der Waals surface area contributed by atoms with E-state index in [0.29, 0.717) is 24.9 Å². The van der Waals surface area contributed by atoms with Gasteiger partial charge in [0.25, 0.3) is 0 Å². The fourth-order valence-electron chi connectivity index (χ4n) is 3.89. The molecule has 3 unspecified atom stereocenters. The second kappa shape index (κ2) is 6.79. The first-order chi connectivity index (χ1) is 11.5. The standard InChI is InChI=1S/C18H23FN2O3/c1-11-8-12(17(22)23)10-21(9-11)18(24)20-16-7-3-4-13-14(16)5-2-6-15(13)19/h2,5-6,11-12,16H,3-4,7-10H2,1H3,(H,20,24)(H,22,23). The average Bonchev–Trinajstić information content (AvgIpc) is 2.55. The first kappa shape index (κ1) is 16.7. The minimum atomic E-state index is -0.857. The molecule has 1 aromatic carbocycles. The molecule has 0 bridgehead atoms. The van der Waals surface area contributed by atoms with Gasteiger partial charge < -0.3 is 15.3 Å². The molecule has 1 fully saturated rings. The Morgan fingerprint density at radius 3 is 2.88 bits per heavy atom. The summed E-state index contributed by atoms with van der Waals surface area (Å²) in [6, 6.07) is 4.52. The van der Waals surface area contributed by atoms with Crippen LogP contribution in [0, 0.1) is 17.7 Å². The molecular weight excluding hydrogens is 311 g/mol. The minimum absolute atomic E-state index is 0.154. The van der Waals surface area contributed by atoms with Gasteiger partial charge in [0.2, 0.25) is 0 Å². The second-order valence-electron chi connectivity index (χ2n) is 6.98. The van der Waals surface area contributed by atoms with Gasteiger partial charge in [-0.15, -0.1) is 0 Å². The van der Waals surface area contributed by atoms with Crippen LogP contribution in [0.4, 0.5) is 9.18 Å². The third-order valence-electron chi connectivity index (χ3n) is 5.04. The topological polar surface area (TPSA) is 69.6 Å². The number of urea groups is 1. The van der Waals surface area contributed by atoms with Gasteiger partial charge >= 0.3 is 12.0 Å². The molecule has 6 heteroatoms. The van der Waals surface area contributed by atoms with Crippen molar-refractivity contribution in [3.8, 4) is 0 Å². The quantitative estimate of drug-likeness (QED) is 0.873. The molecule has 1 heterocycles. The summed E-state index contributed by atoms with van der Waals surface area (Å²) < 4.78 is 13.9. The van der Waals surface area contributed by atoms with E-state index in [9.17, 15) is 19.1 Å². The summed E-state index contributed by atoms with van der Waals surface area (Å²) >= 11 is 0. The van der Waals surface area contributed by atoms with Crippen LogP contribution in [0.5, 0.6) is 0 Å². The highest BCUT2D eigenvalue weighted by Crippen LogP contribution is 2.31. The van der Waals surface area contributed by atoms with Gasteiger partial charge in [-0.2, -0.15) is 0 Å². The summed E-state index contributed by atoms with van der Waals surface area (Å²) in [5.74, 6) is -1.44. The number of halogens is 1. The van der Waals surface area contributed by atoms with Crippen LogP contribution in [-0.4, -0.2) is 35.1 Å². The fraction of sp³-hybridized carbons (Fsp3) is 0.556. The van der Waals surface area contributed by atoms with Crippen molar-refractivity contribution in [2.24, 2.45) is 11.8 Å². The number of likely N-dealkylation sites (tertiary alicyclic amines) is 1. The Bertz CT molecular complexity index is 649. The average molecular weight is 334 g/mol. The van der Waals surface area contributed by atoms with Crippen LogP contribution in [0.15, 0.2) is 18.2 Å². The minimum Gasteiger partial charge on any atom is -0.481 e. The van der Waals surface area contributed by atoms with E-state index < -0.39 is 11.9 Å². The maximum absolute atomic E-state index is 13.9. The lowest BCUT2D eigenvalue weighted by Gasteiger charge is -2.36. The first-order valence-corrected chi connectivity index (χ1v) is 8.51. The molecule has 0 spiro atoms. The number of nitrogens with one attached hydrogen (secondary N) is 1. The molecule has 2 N–H and O–H groups in total. The molecule has 0 aromatic heterocycles. The van der Waals surface area contributed by atoms with Crippen molar-refractivity contribution >= 4 is 12.0 Å². The summed E-state index contributed by atoms with van der Waals surface area (Å²) in [6.07, 6.45) is 2.88. The predicted octanol–water partition coefficient (Wildman–Crippen LogP) is 2.96. The first-order valence-electron chi connectivity index (χ1n) is 8.51. The van der Waals surface area contributed by atoms with E-state index in [1.165, 1.54) is 6.07 Å². The number of hydrogen-bond donors (Lipinski definition) is 2. The molecular formula is C18H23FN2O3. The Morgan fingerprint density at radius 2 is 2.12 bits per heavy atom. The lowest BCUT2D eigenvalue weighted by Crippen LogP contribution is -2.50. The largest absolute Gasteiger partial charge is 0.481 e. The number of rotatable bonds is 2. The number of carboxylic acid groups (broad SMARTS) is 1. The Hall–Kier alpha value is -2.11. The third kappa shape index (κ3) is 3.37. The van der Waals surface area contributed by atoms with Gasteiger partial charge in [-0.05, 0) is 48.8 Å². The number of piperidine rings is 1. The zero-order chi connectivity index (χ0) is 17.3. The molecule has 0 saturated carbocycles. The number of carboxylic acids is 1. The number of fused-ring (bicyclic) bond motifs is 1. The Morgan fingerprint density at radius 1 is 1.33 bits per heavy atom. The van der Waals surface area contributed by atoms with Gasteiger partial charge in [-0.3, -0.25) is 4.79 Å². The maximum Gasteiger partial charge on any atom is 0.317 e. The van der Waals surface area contributed by atoms with Crippen LogP contribution < -0.4 is 5.32 Å². The van der Waals surface area contributed by atoms with Crippen molar-refractivity contribution in [1.82, 2.24) is 10.2 Å². The Labute approximate surface area is 140 Å². The number of benzene rings is 1. The highest BCUT2D eigenvalue weighted by atomic mass is 19.1. The van der Waals surface area contributed by atoms with Crippen molar-refractivity contribution in [2.75, 3.05) is 13.1 Å². The molecule has 5 nitrogen and oxygen atoms in total. The second-order valence-corrected chi connectivity index (χ2v) is 6.98. The van der Waals surface area contributed by atoms with Gasteiger partial charge in [-0.1, -0.05) is 19.1 Å². The number of carbonyl (C=O) groups is 2. The summed E-state index contributed by atoms with van der Waals surface area (Å²) in [5.41, 5.74) is 1.53. The van der Waals surface area contributed by atoms with Gasteiger partial charge in [0, 0.05) is 13.1 Å². The molecule has 0 radical (unpaired) electrons. The molecule has 1 aliphatic heterocycles. The van der Waals surface area contributed by atoms with E-state index in [-0.39, 0.29) is 30.4 Å². The van der Waals surface area contributed by atoms with Gasteiger partial charge in [0.15, 0.2) is 0 Å². The normalized spacial score (nSPS) is 26.6. The van der Waals surface area contributed by atoms with E-state index in [2.05, 4.69) is 5.32 Å². The zero-order valence-electron chi connectivity index (χ0n) is 13.8. The van der Waals surface area contributed by atoms with Crippen LogP contribution in [0.25, 0.3) is 0 Å². The van der Waals surface area contributed by atoms with Gasteiger partial charge in [0.05, 0.1) is 12.0 Å². The summed E-state index contributed by atoms with van der Waals surface area (Å²) in [6.45, 7) is 2.74. The van der Waals surface area contributed by atoms with Crippen molar-refractivity contribution < 1.29 is 19.1 Å². The van der Waals surface area contributed by atoms with Crippen LogP contribution >= 0.6 is 0 Å². The lowest BCUT2D eigenvalue weighted by molar-refractivity contribution is -0.143. The summed E-state index contributed by atoms with van der Waals surface area (Å²) in [5, 5.41) is 12.2. The summed E-state index contributed by atoms with van der Waals surface area (Å²) in [7, 11) is 0. The number of carbonyl (C=O) groups excluding carboxylic acids is 1. The number of amides is 2. The molecule has 2 amide bonds. The molecule has 130 valence electrons. The highest BCUT2D eigenvalue weighted by Gasteiger charge is 2.33. The molecule has 1 aliphatic carbocycles. The van der Waals surface area contributed by atoms with Crippen LogP contribution in [0.3, 0.4) is 0 Å². The monoisotopic (exact) mass is 334 g/mol. The van der Waals surface area contributed by atoms with Crippen molar-refractivity contribution in [2.45, 2.75) is 38.6 Å². The molecule has 24 heavy (non-hydrogen) atoms. The highest BCUT2D eigenvalue weighted by molar-refractivity contribution is 5.77. The number of hydrogen-bond acceptors (Lipinski definition) is 2. The Balaban J connectivity index is 1.72. The SMILES string of the molecule is CC1CC(C(=O)O)CN(C(=O)NC2CCCc3c(F)cccc32)C1. The van der Waals surface area contributed by atoms with Crippen LogP contribution in [0.1, 0.15) is 43.4 Å². The molecule has 1 aromatic rings.